The molecule has 17 heavy (non-hydrogen) atoms. The van der Waals surface area contributed by atoms with Gasteiger partial charge in [0.15, 0.2) is 0 Å². The number of carbonyl (C=O) groups is 1. The summed E-state index contributed by atoms with van der Waals surface area (Å²) < 4.78 is 0. The quantitative estimate of drug-likeness (QED) is 0.736. The molecule has 4 nitrogen and oxygen atoms in total. The van der Waals surface area contributed by atoms with E-state index < -0.39 is 0 Å². The topological polar surface area (TPSA) is 56.1 Å². The van der Waals surface area contributed by atoms with Crippen molar-refractivity contribution in [3.8, 4) is 6.07 Å². The van der Waals surface area contributed by atoms with Crippen LogP contribution in [-0.2, 0) is 4.79 Å². The van der Waals surface area contributed by atoms with Crippen LogP contribution in [0.15, 0.2) is 0 Å². The van der Waals surface area contributed by atoms with Crippen molar-refractivity contribution in [2.45, 2.75) is 46.6 Å². The van der Waals surface area contributed by atoms with Crippen LogP contribution in [0.4, 0.5) is 0 Å². The molecule has 98 valence electrons. The minimum atomic E-state index is -0.155. The van der Waals surface area contributed by atoms with Gasteiger partial charge in [-0.05, 0) is 33.7 Å². The second-order valence-electron chi connectivity index (χ2n) is 5.14. The van der Waals surface area contributed by atoms with Gasteiger partial charge >= 0.3 is 0 Å². The summed E-state index contributed by atoms with van der Waals surface area (Å²) in [6.45, 7) is 11.7. The fraction of sp³-hybridized carbons (Fsp3) is 0.846. The van der Waals surface area contributed by atoms with E-state index in [1.807, 2.05) is 32.6 Å². The number of hydrogen-bond donors (Lipinski definition) is 1. The molecule has 0 aromatic carbocycles. The maximum absolute atomic E-state index is 11.8. The zero-order valence-electron chi connectivity index (χ0n) is 11.7. The predicted octanol–water partition coefficient (Wildman–Crippen LogP) is 1.77. The highest BCUT2D eigenvalue weighted by atomic mass is 16.2. The molecule has 0 saturated carbocycles. The lowest BCUT2D eigenvalue weighted by atomic mass is 10.0. The maximum Gasteiger partial charge on any atom is 0.234 e. The molecule has 0 heterocycles. The fourth-order valence-electron chi connectivity index (χ4n) is 1.44. The standard InChI is InChI=1S/C13H25N3O/c1-6-13(4,5)15-12(17)10-16(7-2)9-11(3)8-14/h11H,6-7,9-10H2,1-5H3,(H,15,17). The molecule has 0 aliphatic heterocycles. The average molecular weight is 239 g/mol. The zero-order chi connectivity index (χ0) is 13.5. The summed E-state index contributed by atoms with van der Waals surface area (Å²) in [5.41, 5.74) is -0.155. The van der Waals surface area contributed by atoms with Crippen molar-refractivity contribution >= 4 is 5.91 Å². The van der Waals surface area contributed by atoms with Crippen molar-refractivity contribution in [2.24, 2.45) is 5.92 Å². The number of nitriles is 1. The molecule has 0 bridgehead atoms. The molecule has 0 aliphatic rings. The van der Waals surface area contributed by atoms with Crippen LogP contribution in [0.3, 0.4) is 0 Å². The third-order valence-electron chi connectivity index (χ3n) is 2.93. The Kier molecular flexibility index (Phi) is 6.82. The van der Waals surface area contributed by atoms with Gasteiger partial charge < -0.3 is 5.32 Å². The highest BCUT2D eigenvalue weighted by Crippen LogP contribution is 2.07. The van der Waals surface area contributed by atoms with Crippen LogP contribution in [-0.4, -0.2) is 36.0 Å². The first kappa shape index (κ1) is 15.9. The summed E-state index contributed by atoms with van der Waals surface area (Å²) in [6.07, 6.45) is 0.902. The second kappa shape index (κ2) is 7.29. The number of carbonyl (C=O) groups excluding carboxylic acids is 1. The minimum absolute atomic E-state index is 0.0313. The fourth-order valence-corrected chi connectivity index (χ4v) is 1.44. The molecule has 1 unspecified atom stereocenters. The predicted molar refractivity (Wildman–Crippen MR) is 69.4 cm³/mol. The van der Waals surface area contributed by atoms with Gasteiger partial charge in [0.2, 0.25) is 5.91 Å². The monoisotopic (exact) mass is 239 g/mol. The smallest absolute Gasteiger partial charge is 0.234 e. The zero-order valence-corrected chi connectivity index (χ0v) is 11.7. The van der Waals surface area contributed by atoms with Crippen molar-refractivity contribution in [1.29, 1.82) is 5.26 Å². The number of nitrogens with zero attached hydrogens (tertiary/aromatic N) is 2. The Morgan fingerprint density at radius 2 is 2.06 bits per heavy atom. The number of amides is 1. The molecular weight excluding hydrogens is 214 g/mol. The Bertz CT molecular complexity index is 281. The first-order chi connectivity index (χ1) is 7.84. The second-order valence-corrected chi connectivity index (χ2v) is 5.14. The summed E-state index contributed by atoms with van der Waals surface area (Å²) >= 11 is 0. The van der Waals surface area contributed by atoms with Crippen molar-refractivity contribution in [2.75, 3.05) is 19.6 Å². The number of rotatable bonds is 7. The van der Waals surface area contributed by atoms with Crippen LogP contribution < -0.4 is 5.32 Å². The van der Waals surface area contributed by atoms with E-state index in [0.717, 1.165) is 13.0 Å². The minimum Gasteiger partial charge on any atom is -0.350 e. The Balaban J connectivity index is 4.21. The van der Waals surface area contributed by atoms with E-state index in [4.69, 9.17) is 5.26 Å². The van der Waals surface area contributed by atoms with Crippen LogP contribution in [0, 0.1) is 17.2 Å². The number of hydrogen-bond acceptors (Lipinski definition) is 3. The lowest BCUT2D eigenvalue weighted by molar-refractivity contribution is -0.123. The van der Waals surface area contributed by atoms with E-state index in [1.165, 1.54) is 0 Å². The molecule has 0 aromatic heterocycles. The molecule has 0 spiro atoms. The lowest BCUT2D eigenvalue weighted by Crippen LogP contribution is -2.47. The summed E-state index contributed by atoms with van der Waals surface area (Å²) in [7, 11) is 0. The number of likely N-dealkylation sites (N-methyl/N-ethyl adjacent to an activating group) is 1. The highest BCUT2D eigenvalue weighted by molar-refractivity contribution is 5.78. The summed E-state index contributed by atoms with van der Waals surface area (Å²) in [4.78, 5) is 13.8. The van der Waals surface area contributed by atoms with Crippen LogP contribution in [0.1, 0.15) is 41.0 Å². The third-order valence-corrected chi connectivity index (χ3v) is 2.93. The Morgan fingerprint density at radius 3 is 2.47 bits per heavy atom. The molecule has 0 aromatic rings. The van der Waals surface area contributed by atoms with E-state index in [0.29, 0.717) is 13.1 Å². The van der Waals surface area contributed by atoms with Crippen molar-refractivity contribution in [3.05, 3.63) is 0 Å². The van der Waals surface area contributed by atoms with Crippen LogP contribution >= 0.6 is 0 Å². The summed E-state index contributed by atoms with van der Waals surface area (Å²) in [6, 6.07) is 2.19. The Labute approximate surface area is 105 Å². The van der Waals surface area contributed by atoms with E-state index in [9.17, 15) is 4.79 Å². The normalized spacial score (nSPS) is 13.2. The molecule has 0 rings (SSSR count). The SMILES string of the molecule is CCN(CC(=O)NC(C)(C)CC)CC(C)C#N. The largest absolute Gasteiger partial charge is 0.350 e. The van der Waals surface area contributed by atoms with Gasteiger partial charge in [0.25, 0.3) is 0 Å². The van der Waals surface area contributed by atoms with Gasteiger partial charge in [0.05, 0.1) is 18.5 Å². The van der Waals surface area contributed by atoms with Gasteiger partial charge in [0, 0.05) is 12.1 Å². The average Bonchev–Trinajstić information content (AvgIpc) is 2.27. The van der Waals surface area contributed by atoms with Gasteiger partial charge in [-0.2, -0.15) is 5.26 Å². The molecule has 1 atom stereocenters. The maximum atomic E-state index is 11.8. The van der Waals surface area contributed by atoms with E-state index in [-0.39, 0.29) is 17.4 Å². The van der Waals surface area contributed by atoms with Crippen molar-refractivity contribution < 1.29 is 4.79 Å². The summed E-state index contributed by atoms with van der Waals surface area (Å²) in [5.74, 6) is -0.00854. The molecule has 0 fully saturated rings. The van der Waals surface area contributed by atoms with Crippen LogP contribution in [0.2, 0.25) is 0 Å². The van der Waals surface area contributed by atoms with Gasteiger partial charge in [-0.15, -0.1) is 0 Å². The summed E-state index contributed by atoms with van der Waals surface area (Å²) in [5, 5.41) is 11.8. The Hall–Kier alpha value is -1.08. The molecule has 4 heteroatoms. The van der Waals surface area contributed by atoms with Gasteiger partial charge in [0.1, 0.15) is 0 Å². The van der Waals surface area contributed by atoms with Gasteiger partial charge in [-0.3, -0.25) is 9.69 Å². The van der Waals surface area contributed by atoms with Gasteiger partial charge in [-0.25, -0.2) is 0 Å². The van der Waals surface area contributed by atoms with Crippen molar-refractivity contribution in [3.63, 3.8) is 0 Å². The first-order valence-electron chi connectivity index (χ1n) is 6.27. The van der Waals surface area contributed by atoms with Crippen LogP contribution in [0.25, 0.3) is 0 Å². The molecule has 1 amide bonds. The Morgan fingerprint density at radius 1 is 1.47 bits per heavy atom. The first-order valence-corrected chi connectivity index (χ1v) is 6.27. The molecular formula is C13H25N3O. The highest BCUT2D eigenvalue weighted by Gasteiger charge is 2.19. The van der Waals surface area contributed by atoms with E-state index in [2.05, 4.69) is 18.3 Å². The van der Waals surface area contributed by atoms with Crippen LogP contribution in [0.5, 0.6) is 0 Å². The van der Waals surface area contributed by atoms with Crippen molar-refractivity contribution in [1.82, 2.24) is 10.2 Å². The lowest BCUT2D eigenvalue weighted by Gasteiger charge is -2.27. The van der Waals surface area contributed by atoms with E-state index >= 15 is 0 Å². The van der Waals surface area contributed by atoms with E-state index in [1.54, 1.807) is 0 Å². The molecule has 1 N–H and O–H groups in total. The van der Waals surface area contributed by atoms with Gasteiger partial charge in [-0.1, -0.05) is 13.8 Å². The molecule has 0 aliphatic carbocycles. The number of nitrogens with one attached hydrogen (secondary N) is 1. The third kappa shape index (κ3) is 6.96. The molecule has 0 saturated heterocycles. The molecule has 0 radical (unpaired) electrons.